The summed E-state index contributed by atoms with van der Waals surface area (Å²) in [5.41, 5.74) is 6.54. The third-order valence-corrected chi connectivity index (χ3v) is 14.1. The number of rotatable bonds is 14. The van der Waals surface area contributed by atoms with Crippen molar-refractivity contribution in [3.63, 3.8) is 0 Å². The quantitative estimate of drug-likeness (QED) is 0.113. The number of pyridine rings is 3. The van der Waals surface area contributed by atoms with Crippen LogP contribution < -0.4 is 30.2 Å². The van der Waals surface area contributed by atoms with Crippen LogP contribution in [0.1, 0.15) is 67.7 Å². The number of ether oxygens (including phenoxy) is 4. The summed E-state index contributed by atoms with van der Waals surface area (Å²) in [6, 6.07) is 26.2. The number of aromatic nitrogens is 5. The van der Waals surface area contributed by atoms with Crippen LogP contribution in [0.4, 0.5) is 23.3 Å². The molecule has 4 saturated heterocycles. The van der Waals surface area contributed by atoms with Crippen molar-refractivity contribution in [3.05, 3.63) is 90.0 Å². The number of amides is 2. The van der Waals surface area contributed by atoms with Gasteiger partial charge >= 0.3 is 0 Å². The largest absolute Gasteiger partial charge is 0.378 e. The van der Waals surface area contributed by atoms with E-state index in [2.05, 4.69) is 70.1 Å². The zero-order valence-electron chi connectivity index (χ0n) is 41.3. The van der Waals surface area contributed by atoms with Crippen LogP contribution in [0.25, 0.3) is 44.6 Å². The van der Waals surface area contributed by atoms with Crippen molar-refractivity contribution in [1.82, 2.24) is 35.6 Å². The highest BCUT2D eigenvalue weighted by Crippen LogP contribution is 2.36. The van der Waals surface area contributed by atoms with Gasteiger partial charge in [0, 0.05) is 85.1 Å². The fourth-order valence-electron chi connectivity index (χ4n) is 10.1. The summed E-state index contributed by atoms with van der Waals surface area (Å²) in [5.74, 6) is 2.01. The van der Waals surface area contributed by atoms with E-state index in [1.54, 1.807) is 12.1 Å². The molecule has 8 heterocycles. The van der Waals surface area contributed by atoms with Gasteiger partial charge in [0.15, 0.2) is 11.3 Å². The number of piperidine rings is 1. The molecule has 0 saturated carbocycles. The minimum Gasteiger partial charge on any atom is -0.378 e. The van der Waals surface area contributed by atoms with Crippen LogP contribution in [-0.2, 0) is 18.9 Å². The lowest BCUT2D eigenvalue weighted by Gasteiger charge is -2.38. The predicted octanol–water partition coefficient (Wildman–Crippen LogP) is 6.53. The number of anilines is 4. The summed E-state index contributed by atoms with van der Waals surface area (Å²) in [7, 11) is 0. The van der Waals surface area contributed by atoms with Crippen molar-refractivity contribution >= 4 is 57.2 Å². The Morgan fingerprint density at radius 3 is 1.73 bits per heavy atom. The van der Waals surface area contributed by atoms with Crippen molar-refractivity contribution in [2.24, 2.45) is 0 Å². The number of carbonyl (C=O) groups excluding carboxylic acids is 2. The van der Waals surface area contributed by atoms with E-state index in [4.69, 9.17) is 43.9 Å². The van der Waals surface area contributed by atoms with E-state index in [0.717, 1.165) is 77.4 Å². The fourth-order valence-corrected chi connectivity index (χ4v) is 10.1. The summed E-state index contributed by atoms with van der Waals surface area (Å²) in [4.78, 5) is 61.4. The lowest BCUT2D eigenvalue weighted by molar-refractivity contribution is 0.0892. The molecule has 372 valence electrons. The second kappa shape index (κ2) is 21.9. The molecule has 2 aromatic carbocycles. The number of morpholine rings is 3. The average Bonchev–Trinajstić information content (AvgIpc) is 3.40. The highest BCUT2D eigenvalue weighted by Gasteiger charge is 2.29. The summed E-state index contributed by atoms with van der Waals surface area (Å²) < 4.78 is 23.1. The minimum atomic E-state index is -0.222. The van der Waals surface area contributed by atoms with E-state index in [0.29, 0.717) is 99.4 Å². The van der Waals surface area contributed by atoms with E-state index < -0.39 is 0 Å². The molecule has 71 heavy (non-hydrogen) atoms. The van der Waals surface area contributed by atoms with Crippen molar-refractivity contribution in [3.8, 4) is 22.5 Å². The highest BCUT2D eigenvalue weighted by molar-refractivity contribution is 5.97. The van der Waals surface area contributed by atoms with Crippen molar-refractivity contribution in [1.29, 1.82) is 0 Å². The van der Waals surface area contributed by atoms with E-state index in [1.165, 1.54) is 6.42 Å². The van der Waals surface area contributed by atoms with Crippen molar-refractivity contribution in [2.45, 2.75) is 71.1 Å². The Labute approximate surface area is 415 Å². The average molecular weight is 964 g/mol. The number of hydrogen-bond acceptors (Lipinski definition) is 15. The number of nitrogens with one attached hydrogen (secondary N) is 2. The molecule has 0 aliphatic carbocycles. The molecule has 4 aliphatic rings. The summed E-state index contributed by atoms with van der Waals surface area (Å²) in [6.07, 6.45) is 3.52. The number of nitrogens with zero attached hydrogens (tertiary/aromatic N) is 9. The first-order valence-electron chi connectivity index (χ1n) is 25.3. The maximum atomic E-state index is 13.4. The molecule has 0 bridgehead atoms. The number of hydrogen-bond donors (Lipinski definition) is 2. The summed E-state index contributed by atoms with van der Waals surface area (Å²) in [5, 5.41) is 7.80. The molecule has 0 unspecified atom stereocenters. The van der Waals surface area contributed by atoms with Crippen LogP contribution in [0.5, 0.6) is 0 Å². The predicted molar refractivity (Wildman–Crippen MR) is 277 cm³/mol. The lowest BCUT2D eigenvalue weighted by Crippen LogP contribution is -2.46. The molecule has 0 spiro atoms. The van der Waals surface area contributed by atoms with Crippen LogP contribution in [0, 0.1) is 0 Å². The SMILES string of the molecule is C[C@@H]1COCCN1c1nc(N2CCOC[C@H]2C)c2ccc(-c3cccc(C(=O)NCCOCCNC(=O)c4cccc(-c5ccc6c(N7CCOC[C@@H]7C)cc(N7CCCC[C@@H]7C)nc6n5)c4)c3)nc2n1. The zero-order valence-corrected chi connectivity index (χ0v) is 41.3. The lowest BCUT2D eigenvalue weighted by atomic mass is 10.0. The molecular formula is C54H65N11O6. The molecule has 2 N–H and O–H groups in total. The molecule has 17 nitrogen and oxygen atoms in total. The van der Waals surface area contributed by atoms with Crippen LogP contribution in [0.3, 0.4) is 0 Å². The van der Waals surface area contributed by atoms with Gasteiger partial charge in [0.25, 0.3) is 11.8 Å². The smallest absolute Gasteiger partial charge is 0.251 e. The molecular weight excluding hydrogens is 899 g/mol. The Bertz CT molecular complexity index is 2680. The second-order valence-electron chi connectivity index (χ2n) is 19.2. The number of benzene rings is 2. The van der Waals surface area contributed by atoms with Gasteiger partial charge in [0.2, 0.25) is 5.95 Å². The molecule has 4 atom stereocenters. The molecule has 4 aliphatic heterocycles. The standard InChI is InChI=1S/C54H65N11O6/c1-35-9-5-6-20-63(35)48-31-47(62-21-26-69-32-36(62)2)43-14-16-45(57-49(43)59-48)39-10-7-12-41(29-39)52(66)55-18-24-68-25-19-56-53(67)42-13-8-11-40(30-42)46-17-15-44-50(58-46)60-54(65-23-28-71-34-38(65)4)61-51(44)64-22-27-70-33-37(64)3/h7-8,10-17,29-31,35-38H,5-6,9,18-28,32-34H2,1-4H3,(H,55,66)(H,56,67)/t35-,36-,37+,38+/m0/s1. The van der Waals surface area contributed by atoms with Crippen LogP contribution in [0.2, 0.25) is 0 Å². The van der Waals surface area contributed by atoms with Crippen molar-refractivity contribution < 1.29 is 28.5 Å². The Morgan fingerprint density at radius 1 is 0.577 bits per heavy atom. The third-order valence-electron chi connectivity index (χ3n) is 14.1. The zero-order chi connectivity index (χ0) is 48.8. The van der Waals surface area contributed by atoms with Gasteiger partial charge in [-0.05, 0) is 95.5 Å². The second-order valence-corrected chi connectivity index (χ2v) is 19.2. The van der Waals surface area contributed by atoms with Crippen LogP contribution in [0.15, 0.2) is 78.9 Å². The first-order valence-corrected chi connectivity index (χ1v) is 25.3. The van der Waals surface area contributed by atoms with Gasteiger partial charge in [-0.3, -0.25) is 9.59 Å². The van der Waals surface area contributed by atoms with Gasteiger partial charge in [-0.1, -0.05) is 24.3 Å². The van der Waals surface area contributed by atoms with E-state index in [9.17, 15) is 9.59 Å². The third kappa shape index (κ3) is 10.7. The van der Waals surface area contributed by atoms with E-state index >= 15 is 0 Å². The Kier molecular flexibility index (Phi) is 14.8. The first-order chi connectivity index (χ1) is 34.7. The van der Waals surface area contributed by atoms with Crippen molar-refractivity contribution in [2.75, 3.05) is 112 Å². The van der Waals surface area contributed by atoms with Crippen LogP contribution in [-0.4, -0.2) is 153 Å². The minimum absolute atomic E-state index is 0.122. The van der Waals surface area contributed by atoms with E-state index in [-0.39, 0.29) is 43.2 Å². The Balaban J connectivity index is 0.741. The first kappa shape index (κ1) is 48.1. The number of carbonyl (C=O) groups is 2. The summed E-state index contributed by atoms with van der Waals surface area (Å²) in [6.45, 7) is 16.9. The van der Waals surface area contributed by atoms with Gasteiger partial charge < -0.3 is 49.2 Å². The van der Waals surface area contributed by atoms with Gasteiger partial charge in [0.1, 0.15) is 11.6 Å². The maximum Gasteiger partial charge on any atom is 0.251 e. The summed E-state index contributed by atoms with van der Waals surface area (Å²) >= 11 is 0. The topological polar surface area (TPSA) is 173 Å². The molecule has 17 heteroatoms. The molecule has 6 aromatic rings. The van der Waals surface area contributed by atoms with Gasteiger partial charge in [-0.15, -0.1) is 0 Å². The van der Waals surface area contributed by atoms with Gasteiger partial charge in [0.05, 0.1) is 87.4 Å². The van der Waals surface area contributed by atoms with Crippen LogP contribution >= 0.6 is 0 Å². The monoisotopic (exact) mass is 964 g/mol. The maximum absolute atomic E-state index is 13.4. The Morgan fingerprint density at radius 2 is 1.14 bits per heavy atom. The normalized spacial score (nSPS) is 20.9. The highest BCUT2D eigenvalue weighted by atomic mass is 16.5. The van der Waals surface area contributed by atoms with Gasteiger partial charge in [-0.2, -0.15) is 9.97 Å². The Hall–Kier alpha value is -6.53. The molecule has 10 rings (SSSR count). The molecule has 4 fully saturated rings. The molecule has 2 amide bonds. The number of fused-ring (bicyclic) bond motifs is 2. The molecule has 4 aromatic heterocycles. The molecule has 0 radical (unpaired) electrons. The van der Waals surface area contributed by atoms with E-state index in [1.807, 2.05) is 54.6 Å². The van der Waals surface area contributed by atoms with Gasteiger partial charge in [-0.25, -0.2) is 15.0 Å². The fraction of sp³-hybridized carbons (Fsp3) is 0.463.